The highest BCUT2D eigenvalue weighted by atomic mass is 35.5. The average molecular weight is 778 g/mol. The number of aliphatic hydroxyl groups is 1. The van der Waals surface area contributed by atoms with Gasteiger partial charge in [-0.15, -0.1) is 0 Å². The zero-order chi connectivity index (χ0) is 38.6. The molecule has 4 aliphatic rings. The van der Waals surface area contributed by atoms with Crippen molar-refractivity contribution in [1.29, 1.82) is 0 Å². The molecule has 3 amide bonds. The van der Waals surface area contributed by atoms with E-state index in [1.165, 1.54) is 5.19 Å². The van der Waals surface area contributed by atoms with Gasteiger partial charge in [-0.25, -0.2) is 0 Å². The van der Waals surface area contributed by atoms with Gasteiger partial charge in [0.05, 0.1) is 52.6 Å². The molecule has 4 aromatic carbocycles. The van der Waals surface area contributed by atoms with Gasteiger partial charge < -0.3 is 29.3 Å². The molecular formula is C44H48ClN3O6Si. The molecule has 286 valence electrons. The van der Waals surface area contributed by atoms with E-state index in [0.717, 1.165) is 45.8 Å². The number of nitrogens with zero attached hydrogens (tertiary/aromatic N) is 3. The molecule has 2 fully saturated rings. The number of rotatable bonds is 9. The molecule has 0 aromatic heterocycles. The molecule has 2 saturated heterocycles. The maximum atomic E-state index is 15.3. The van der Waals surface area contributed by atoms with Gasteiger partial charge in [-0.05, 0) is 77.5 Å². The Morgan fingerprint density at radius 1 is 1.00 bits per heavy atom. The predicted octanol–water partition coefficient (Wildman–Crippen LogP) is 6.57. The number of hydrogen-bond acceptors (Lipinski definition) is 6. The molecule has 0 radical (unpaired) electrons. The van der Waals surface area contributed by atoms with E-state index in [0.29, 0.717) is 37.5 Å². The quantitative estimate of drug-likeness (QED) is 0.193. The minimum Gasteiger partial charge on any atom is -0.497 e. The van der Waals surface area contributed by atoms with Crippen molar-refractivity contribution in [1.82, 2.24) is 4.90 Å². The van der Waals surface area contributed by atoms with Crippen molar-refractivity contribution in [3.63, 3.8) is 0 Å². The van der Waals surface area contributed by atoms with Crippen LogP contribution in [0.5, 0.6) is 5.75 Å². The van der Waals surface area contributed by atoms with Gasteiger partial charge in [0.2, 0.25) is 11.8 Å². The molecule has 11 heteroatoms. The van der Waals surface area contributed by atoms with E-state index in [2.05, 4.69) is 38.2 Å². The van der Waals surface area contributed by atoms with Crippen LogP contribution in [0.25, 0.3) is 0 Å². The molecule has 5 atom stereocenters. The van der Waals surface area contributed by atoms with Crippen molar-refractivity contribution in [2.24, 2.45) is 5.92 Å². The lowest BCUT2D eigenvalue weighted by atomic mass is 9.82. The van der Waals surface area contributed by atoms with Crippen molar-refractivity contribution in [3.05, 3.63) is 118 Å². The summed E-state index contributed by atoms with van der Waals surface area (Å²) in [6, 6.07) is 29.3. The van der Waals surface area contributed by atoms with Crippen LogP contribution < -0.4 is 19.7 Å². The fourth-order valence-electron chi connectivity index (χ4n) is 9.86. The number of hydrogen-bond donors (Lipinski definition) is 1. The van der Waals surface area contributed by atoms with E-state index in [1.54, 1.807) is 23.0 Å². The van der Waals surface area contributed by atoms with Crippen molar-refractivity contribution in [2.75, 3.05) is 30.1 Å². The second kappa shape index (κ2) is 14.5. The van der Waals surface area contributed by atoms with Crippen LogP contribution in [0.3, 0.4) is 0 Å². The summed E-state index contributed by atoms with van der Waals surface area (Å²) in [7, 11) is -0.873. The van der Waals surface area contributed by atoms with E-state index >= 15 is 4.79 Å². The molecule has 0 aliphatic carbocycles. The molecule has 1 spiro atoms. The lowest BCUT2D eigenvalue weighted by molar-refractivity contribution is -0.151. The molecular weight excluding hydrogens is 730 g/mol. The first kappa shape index (κ1) is 37.4. The molecule has 0 saturated carbocycles. The topological polar surface area (TPSA) is 99.6 Å². The van der Waals surface area contributed by atoms with Crippen LogP contribution in [0.4, 0.5) is 11.4 Å². The third kappa shape index (κ3) is 6.37. The maximum Gasteiger partial charge on any atom is 0.264 e. The van der Waals surface area contributed by atoms with E-state index in [9.17, 15) is 14.7 Å². The van der Waals surface area contributed by atoms with Gasteiger partial charge in [-0.3, -0.25) is 14.4 Å². The second-order valence-electron chi connectivity index (χ2n) is 16.1. The zero-order valence-electron chi connectivity index (χ0n) is 31.8. The van der Waals surface area contributed by atoms with Gasteiger partial charge in [0.1, 0.15) is 5.75 Å². The number of fused-ring (bicyclic) bond motifs is 3. The molecule has 8 rings (SSSR count). The molecule has 9 nitrogen and oxygen atoms in total. The van der Waals surface area contributed by atoms with Gasteiger partial charge in [0.25, 0.3) is 5.91 Å². The fraction of sp³-hybridized carbons (Fsp3) is 0.386. The van der Waals surface area contributed by atoms with Crippen LogP contribution in [-0.2, 0) is 44.2 Å². The van der Waals surface area contributed by atoms with E-state index in [1.807, 2.05) is 71.6 Å². The average Bonchev–Trinajstić information content (AvgIpc) is 3.82. The Bertz CT molecular complexity index is 2130. The second-order valence-corrected chi connectivity index (χ2v) is 21.2. The number of aliphatic hydroxyl groups excluding tert-OH is 1. The van der Waals surface area contributed by atoms with Gasteiger partial charge in [0.15, 0.2) is 5.60 Å². The zero-order valence-corrected chi connectivity index (χ0v) is 33.6. The number of benzene rings is 4. The Balaban J connectivity index is 1.16. The number of amides is 3. The summed E-state index contributed by atoms with van der Waals surface area (Å²) in [6.45, 7) is 7.98. The summed E-state index contributed by atoms with van der Waals surface area (Å²) in [5, 5.41) is 12.2. The van der Waals surface area contributed by atoms with Gasteiger partial charge in [-0.2, -0.15) is 0 Å². The Morgan fingerprint density at radius 2 is 1.73 bits per heavy atom. The largest absolute Gasteiger partial charge is 0.497 e. The third-order valence-electron chi connectivity index (χ3n) is 12.7. The lowest BCUT2D eigenvalue weighted by Crippen LogP contribution is -2.52. The summed E-state index contributed by atoms with van der Waals surface area (Å²) in [5.41, 5.74) is 3.93. The number of carbonyl (C=O) groups is 3. The smallest absolute Gasteiger partial charge is 0.264 e. The lowest BCUT2D eigenvalue weighted by Gasteiger charge is -2.39. The monoisotopic (exact) mass is 777 g/mol. The SMILES string of the molecule is COc1ccc([Si](C)(C)[C@@H]2[C@@H](CC(=O)N3Cc4ccccc4C[C@H]3CO)O[C@]3(C(=O)N(Cc4ccc(N5CCCC5=O)cc4)c4ccc(Cl)cc43)[C@H]2C)cc1. The molecule has 55 heavy (non-hydrogen) atoms. The number of carbonyl (C=O) groups excluding carboxylic acids is 3. The first-order valence-corrected chi connectivity index (χ1v) is 22.7. The molecule has 1 N–H and O–H groups in total. The van der Waals surface area contributed by atoms with Crippen LogP contribution in [0.15, 0.2) is 91.0 Å². The van der Waals surface area contributed by atoms with Gasteiger partial charge in [0, 0.05) is 41.7 Å². The first-order valence-electron chi connectivity index (χ1n) is 19.3. The van der Waals surface area contributed by atoms with E-state index < -0.39 is 19.8 Å². The molecule has 0 unspecified atom stereocenters. The summed E-state index contributed by atoms with van der Waals surface area (Å²) in [4.78, 5) is 47.6. The molecule has 0 bridgehead atoms. The number of ether oxygens (including phenoxy) is 2. The predicted molar refractivity (Wildman–Crippen MR) is 216 cm³/mol. The highest BCUT2D eigenvalue weighted by Gasteiger charge is 2.66. The minimum absolute atomic E-state index is 0.0713. The summed E-state index contributed by atoms with van der Waals surface area (Å²) in [6.07, 6.45) is 1.47. The Hall–Kier alpha value is -4.48. The van der Waals surface area contributed by atoms with Gasteiger partial charge >= 0.3 is 0 Å². The number of halogens is 1. The van der Waals surface area contributed by atoms with Crippen molar-refractivity contribution >= 4 is 54.0 Å². The summed E-state index contributed by atoms with van der Waals surface area (Å²) < 4.78 is 12.7. The van der Waals surface area contributed by atoms with Crippen LogP contribution in [0, 0.1) is 5.92 Å². The number of methoxy groups -OCH3 is 1. The van der Waals surface area contributed by atoms with Crippen molar-refractivity contribution in [2.45, 2.75) is 82.1 Å². The molecule has 4 heterocycles. The van der Waals surface area contributed by atoms with Crippen LogP contribution in [0.2, 0.25) is 23.7 Å². The Morgan fingerprint density at radius 3 is 2.40 bits per heavy atom. The van der Waals surface area contributed by atoms with Crippen LogP contribution in [0.1, 0.15) is 48.4 Å². The van der Waals surface area contributed by atoms with Gasteiger partial charge in [-0.1, -0.05) is 85.3 Å². The fourth-order valence-corrected chi connectivity index (χ4v) is 14.0. The Labute approximate surface area is 328 Å². The maximum absolute atomic E-state index is 15.3. The summed E-state index contributed by atoms with van der Waals surface area (Å²) >= 11 is 6.72. The van der Waals surface area contributed by atoms with Crippen molar-refractivity contribution < 1.29 is 29.0 Å². The van der Waals surface area contributed by atoms with E-state index in [4.69, 9.17) is 21.1 Å². The highest BCUT2D eigenvalue weighted by Crippen LogP contribution is 2.60. The first-order chi connectivity index (χ1) is 26.5. The van der Waals surface area contributed by atoms with Crippen LogP contribution in [-0.4, -0.2) is 68.2 Å². The normalized spacial score (nSPS) is 24.8. The molecule has 4 aromatic rings. The highest BCUT2D eigenvalue weighted by molar-refractivity contribution is 6.91. The third-order valence-corrected chi connectivity index (χ3v) is 17.3. The molecule has 4 aliphatic heterocycles. The standard InChI is InChI=1S/C44H48ClN3O6Si/c1-28-42(55(3,4)36-18-16-35(53-2)17-19-36)39(24-41(51)47-26-31-9-6-5-8-30(31)22-34(47)27-49)54-44(28)37-23-32(45)13-20-38(37)48(43(44)52)25-29-11-14-33(15-12-29)46-21-7-10-40(46)50/h5-6,8-9,11-20,23,28,34,39,42,49H,7,10,21-22,24-27H2,1-4H3/t28-,34-,39+,42-,44+/m0/s1. The van der Waals surface area contributed by atoms with E-state index in [-0.39, 0.29) is 48.3 Å². The van der Waals surface area contributed by atoms with Crippen molar-refractivity contribution in [3.8, 4) is 5.75 Å². The minimum atomic E-state index is -2.52. The summed E-state index contributed by atoms with van der Waals surface area (Å²) in [5.74, 6) is 0.303. The number of anilines is 2. The van der Waals surface area contributed by atoms with Crippen LogP contribution >= 0.6 is 11.6 Å². The Kier molecular flexibility index (Phi) is 9.90.